The van der Waals surface area contributed by atoms with Crippen molar-refractivity contribution < 1.29 is 9.59 Å². The number of nitrogens with one attached hydrogen (secondary N) is 1. The van der Waals surface area contributed by atoms with Crippen LogP contribution >= 0.6 is 0 Å². The molecule has 0 radical (unpaired) electrons. The number of hydrogen-bond acceptors (Lipinski definition) is 2. The van der Waals surface area contributed by atoms with Gasteiger partial charge in [-0.2, -0.15) is 0 Å². The summed E-state index contributed by atoms with van der Waals surface area (Å²) in [6, 6.07) is 0. The first-order chi connectivity index (χ1) is 14.7. The van der Waals surface area contributed by atoms with Crippen LogP contribution < -0.4 is 5.32 Å². The van der Waals surface area contributed by atoms with Crippen LogP contribution in [0.25, 0.3) is 0 Å². The SMILES string of the molecule is C=CCCCCCCCCCCCCCCCCCCC1NC=C[N+]1(CC)C(C)O. The lowest BCUT2D eigenvalue weighted by atomic mass is 10.0. The fraction of sp³-hybridized carbons (Fsp3) is 0.852. The number of allylic oxidation sites excluding steroid dienone is 1. The van der Waals surface area contributed by atoms with Gasteiger partial charge in [0.05, 0.1) is 12.7 Å². The monoisotopic (exact) mass is 421 g/mol. The number of aliphatic hydroxyl groups excluding tert-OH is 1. The summed E-state index contributed by atoms with van der Waals surface area (Å²) in [6.45, 7) is 8.82. The van der Waals surface area contributed by atoms with Gasteiger partial charge in [-0.1, -0.05) is 96.0 Å². The Morgan fingerprint density at radius 1 is 0.833 bits per heavy atom. The summed E-state index contributed by atoms with van der Waals surface area (Å²) in [5.41, 5.74) is 0. The van der Waals surface area contributed by atoms with Crippen molar-refractivity contribution in [3.8, 4) is 0 Å². The average molecular weight is 422 g/mol. The summed E-state index contributed by atoms with van der Waals surface area (Å²) in [7, 11) is 0. The topological polar surface area (TPSA) is 32.3 Å². The smallest absolute Gasteiger partial charge is 0.193 e. The molecule has 0 saturated heterocycles. The normalized spacial score (nSPS) is 21.6. The predicted molar refractivity (Wildman–Crippen MR) is 132 cm³/mol. The predicted octanol–water partition coefficient (Wildman–Crippen LogP) is 7.77. The lowest BCUT2D eigenvalue weighted by molar-refractivity contribution is -0.942. The van der Waals surface area contributed by atoms with Crippen molar-refractivity contribution in [2.45, 2.75) is 142 Å². The Hall–Kier alpha value is -0.800. The fourth-order valence-corrected chi connectivity index (χ4v) is 4.94. The molecule has 1 rings (SSSR count). The maximum atomic E-state index is 10.2. The molecule has 0 aromatic heterocycles. The molecule has 3 unspecified atom stereocenters. The average Bonchev–Trinajstić information content (AvgIpc) is 3.17. The molecule has 0 fully saturated rings. The van der Waals surface area contributed by atoms with Crippen LogP contribution in [0.3, 0.4) is 0 Å². The van der Waals surface area contributed by atoms with E-state index in [2.05, 4.69) is 25.0 Å². The molecule has 0 aliphatic carbocycles. The lowest BCUT2D eigenvalue weighted by Crippen LogP contribution is -2.57. The van der Waals surface area contributed by atoms with Crippen molar-refractivity contribution in [1.29, 1.82) is 0 Å². The molecule has 3 nitrogen and oxygen atoms in total. The highest BCUT2D eigenvalue weighted by atomic mass is 16.3. The molecular formula is C27H53N2O+. The molecule has 30 heavy (non-hydrogen) atoms. The van der Waals surface area contributed by atoms with Gasteiger partial charge in [0.2, 0.25) is 0 Å². The molecule has 0 aromatic rings. The zero-order valence-corrected chi connectivity index (χ0v) is 20.4. The molecule has 1 heterocycles. The first-order valence-electron chi connectivity index (χ1n) is 13.3. The quantitative estimate of drug-likeness (QED) is 0.113. The Morgan fingerprint density at radius 3 is 1.67 bits per heavy atom. The minimum Gasteiger partial charge on any atom is -0.345 e. The van der Waals surface area contributed by atoms with Gasteiger partial charge in [0.25, 0.3) is 0 Å². The second-order valence-corrected chi connectivity index (χ2v) is 9.46. The lowest BCUT2D eigenvalue weighted by Gasteiger charge is -2.39. The van der Waals surface area contributed by atoms with Crippen molar-refractivity contribution in [3.63, 3.8) is 0 Å². The second kappa shape index (κ2) is 17.8. The molecular weight excluding hydrogens is 368 g/mol. The third-order valence-electron chi connectivity index (χ3n) is 7.10. The van der Waals surface area contributed by atoms with Crippen LogP contribution in [0.4, 0.5) is 0 Å². The van der Waals surface area contributed by atoms with Gasteiger partial charge < -0.3 is 10.4 Å². The molecule has 0 amide bonds. The van der Waals surface area contributed by atoms with Gasteiger partial charge in [0, 0.05) is 13.3 Å². The van der Waals surface area contributed by atoms with E-state index in [0.29, 0.717) is 10.6 Å². The minimum atomic E-state index is -0.335. The number of rotatable bonds is 21. The Labute approximate surface area is 188 Å². The molecule has 1 aliphatic heterocycles. The summed E-state index contributed by atoms with van der Waals surface area (Å²) < 4.78 is 0.676. The van der Waals surface area contributed by atoms with Crippen LogP contribution in [0.1, 0.15) is 129 Å². The molecule has 0 aromatic carbocycles. The Kier molecular flexibility index (Phi) is 16.2. The van der Waals surface area contributed by atoms with Gasteiger partial charge in [-0.3, -0.25) is 4.48 Å². The molecule has 176 valence electrons. The molecule has 0 spiro atoms. The minimum absolute atomic E-state index is 0.335. The first-order valence-corrected chi connectivity index (χ1v) is 13.3. The highest BCUT2D eigenvalue weighted by Crippen LogP contribution is 2.26. The molecule has 1 aliphatic rings. The number of aliphatic hydroxyl groups is 1. The Balaban J connectivity index is 1.82. The summed E-state index contributed by atoms with van der Waals surface area (Å²) in [5.74, 6) is 0. The van der Waals surface area contributed by atoms with Gasteiger partial charge in [0.1, 0.15) is 6.20 Å². The summed E-state index contributed by atoms with van der Waals surface area (Å²) in [6.07, 6.45) is 31.0. The standard InChI is InChI=1S/C27H53N2O/c1-4-6-7-8-9-10-11-12-13-14-15-16-17-18-19-20-21-22-23-27-28-24-25-29(27,5-2)26(3)30/h4,24-28,30H,1,5-23H2,2-3H3/q+1. The van der Waals surface area contributed by atoms with Crippen LogP contribution in [0, 0.1) is 0 Å². The zero-order chi connectivity index (χ0) is 21.9. The van der Waals surface area contributed by atoms with Crippen molar-refractivity contribution >= 4 is 0 Å². The van der Waals surface area contributed by atoms with Crippen LogP contribution in [0.2, 0.25) is 0 Å². The van der Waals surface area contributed by atoms with Gasteiger partial charge in [-0.05, 0) is 26.2 Å². The van der Waals surface area contributed by atoms with Crippen LogP contribution in [-0.2, 0) is 0 Å². The van der Waals surface area contributed by atoms with Gasteiger partial charge in [0.15, 0.2) is 12.4 Å². The zero-order valence-electron chi connectivity index (χ0n) is 20.4. The van der Waals surface area contributed by atoms with E-state index < -0.39 is 0 Å². The van der Waals surface area contributed by atoms with Crippen LogP contribution in [-0.4, -0.2) is 28.5 Å². The number of quaternary nitrogens is 1. The van der Waals surface area contributed by atoms with Crippen LogP contribution in [0.5, 0.6) is 0 Å². The largest absolute Gasteiger partial charge is 0.345 e. The molecule has 2 N–H and O–H groups in total. The fourth-order valence-electron chi connectivity index (χ4n) is 4.94. The van der Waals surface area contributed by atoms with Gasteiger partial charge in [-0.15, -0.1) is 6.58 Å². The number of unbranched alkanes of at least 4 members (excludes halogenated alkanes) is 16. The first kappa shape index (κ1) is 27.2. The molecule has 3 heteroatoms. The maximum absolute atomic E-state index is 10.2. The Bertz CT molecular complexity index is 435. The second-order valence-electron chi connectivity index (χ2n) is 9.46. The van der Waals surface area contributed by atoms with E-state index in [1.807, 2.05) is 19.2 Å². The summed E-state index contributed by atoms with van der Waals surface area (Å²) in [5, 5.41) is 13.7. The molecule has 0 bridgehead atoms. The summed E-state index contributed by atoms with van der Waals surface area (Å²) in [4.78, 5) is 0. The van der Waals surface area contributed by atoms with Crippen molar-refractivity contribution in [2.24, 2.45) is 0 Å². The third kappa shape index (κ3) is 11.0. The highest BCUT2D eigenvalue weighted by molar-refractivity contribution is 4.84. The van der Waals surface area contributed by atoms with Crippen LogP contribution in [0.15, 0.2) is 25.1 Å². The molecule has 3 atom stereocenters. The van der Waals surface area contributed by atoms with Gasteiger partial charge in [-0.25, -0.2) is 0 Å². The van der Waals surface area contributed by atoms with E-state index in [1.165, 1.54) is 109 Å². The van der Waals surface area contributed by atoms with Crippen molar-refractivity contribution in [1.82, 2.24) is 5.32 Å². The summed E-state index contributed by atoms with van der Waals surface area (Å²) >= 11 is 0. The van der Waals surface area contributed by atoms with E-state index >= 15 is 0 Å². The van der Waals surface area contributed by atoms with Gasteiger partial charge >= 0.3 is 0 Å². The van der Waals surface area contributed by atoms with Crippen molar-refractivity contribution in [3.05, 3.63) is 25.1 Å². The maximum Gasteiger partial charge on any atom is 0.193 e. The molecule has 0 saturated carbocycles. The van der Waals surface area contributed by atoms with E-state index in [9.17, 15) is 5.11 Å². The number of nitrogens with zero attached hydrogens (tertiary/aromatic N) is 1. The van der Waals surface area contributed by atoms with Crippen molar-refractivity contribution in [2.75, 3.05) is 6.54 Å². The number of hydrogen-bond donors (Lipinski definition) is 2. The third-order valence-corrected chi connectivity index (χ3v) is 7.10. The van der Waals surface area contributed by atoms with E-state index in [-0.39, 0.29) is 6.23 Å². The van der Waals surface area contributed by atoms with E-state index in [4.69, 9.17) is 0 Å². The highest BCUT2D eigenvalue weighted by Gasteiger charge is 2.40. The van der Waals surface area contributed by atoms with E-state index in [1.54, 1.807) is 0 Å². The Morgan fingerprint density at radius 2 is 1.27 bits per heavy atom. The van der Waals surface area contributed by atoms with E-state index in [0.717, 1.165) is 13.0 Å².